The summed E-state index contributed by atoms with van der Waals surface area (Å²) in [7, 11) is 0. The second-order valence-corrected chi connectivity index (χ2v) is 2.75. The van der Waals surface area contributed by atoms with E-state index in [4.69, 9.17) is 0 Å². The lowest BCUT2D eigenvalue weighted by atomic mass is 10.3. The molecule has 0 fully saturated rings. The van der Waals surface area contributed by atoms with Crippen molar-refractivity contribution in [3.05, 3.63) is 29.0 Å². The number of alkyl halides is 2. The molecule has 0 saturated heterocycles. The van der Waals surface area contributed by atoms with Crippen LogP contribution in [0.5, 0.6) is 0 Å². The van der Waals surface area contributed by atoms with Crippen LogP contribution in [0.1, 0.15) is 4.88 Å². The van der Waals surface area contributed by atoms with Crippen molar-refractivity contribution in [2.45, 2.75) is 6.43 Å². The predicted octanol–water partition coefficient (Wildman–Crippen LogP) is 3.03. The minimum absolute atomic E-state index is 0.0880. The highest BCUT2D eigenvalue weighted by molar-refractivity contribution is 7.11. The van der Waals surface area contributed by atoms with Gasteiger partial charge in [0.2, 0.25) is 0 Å². The molecule has 1 aromatic heterocycles. The van der Waals surface area contributed by atoms with E-state index in [-0.39, 0.29) is 5.57 Å². The van der Waals surface area contributed by atoms with Crippen molar-refractivity contribution in [2.24, 2.45) is 0 Å². The Hall–Kier alpha value is -0.700. The van der Waals surface area contributed by atoms with Gasteiger partial charge >= 0.3 is 0 Å². The van der Waals surface area contributed by atoms with Crippen molar-refractivity contribution in [2.75, 3.05) is 0 Å². The summed E-state index contributed by atoms with van der Waals surface area (Å²) in [4.78, 5) is 0.565. The third kappa shape index (κ3) is 1.42. The van der Waals surface area contributed by atoms with Gasteiger partial charge in [-0.25, -0.2) is 8.78 Å². The number of rotatable bonds is 2. The zero-order chi connectivity index (χ0) is 7.56. The average molecular weight is 160 g/mol. The first kappa shape index (κ1) is 7.41. The Bertz CT molecular complexity index is 214. The van der Waals surface area contributed by atoms with Gasteiger partial charge in [-0.3, -0.25) is 0 Å². The molecule has 54 valence electrons. The molecule has 0 aliphatic heterocycles. The number of halogens is 2. The smallest absolute Gasteiger partial charge is 0.205 e. The lowest BCUT2D eigenvalue weighted by Crippen LogP contribution is -1.90. The molecule has 0 aliphatic carbocycles. The highest BCUT2D eigenvalue weighted by Gasteiger charge is 2.10. The third-order valence-electron chi connectivity index (χ3n) is 1.10. The lowest BCUT2D eigenvalue weighted by Gasteiger charge is -1.97. The van der Waals surface area contributed by atoms with Crippen LogP contribution in [-0.4, -0.2) is 6.43 Å². The zero-order valence-electron chi connectivity index (χ0n) is 5.18. The van der Waals surface area contributed by atoms with Gasteiger partial charge in [-0.05, 0) is 11.4 Å². The van der Waals surface area contributed by atoms with Gasteiger partial charge in [0, 0.05) is 10.5 Å². The summed E-state index contributed by atoms with van der Waals surface area (Å²) >= 11 is 1.28. The van der Waals surface area contributed by atoms with Gasteiger partial charge in [0.05, 0.1) is 0 Å². The second kappa shape index (κ2) is 2.92. The first-order valence-electron chi connectivity index (χ1n) is 2.72. The Labute approximate surface area is 61.8 Å². The number of allylic oxidation sites excluding steroid dienone is 1. The molecule has 0 aromatic carbocycles. The molecule has 0 spiro atoms. The van der Waals surface area contributed by atoms with E-state index in [1.54, 1.807) is 17.5 Å². The molecule has 0 aliphatic rings. The molecule has 0 nitrogen and oxygen atoms in total. The van der Waals surface area contributed by atoms with E-state index < -0.39 is 6.43 Å². The van der Waals surface area contributed by atoms with E-state index in [0.29, 0.717) is 4.88 Å². The second-order valence-electron chi connectivity index (χ2n) is 1.80. The monoisotopic (exact) mass is 160 g/mol. The van der Waals surface area contributed by atoms with Gasteiger partial charge in [-0.1, -0.05) is 12.6 Å². The molecular formula is C7H6F2S. The summed E-state index contributed by atoms with van der Waals surface area (Å²) in [6.07, 6.45) is -2.43. The number of hydrogen-bond acceptors (Lipinski definition) is 1. The van der Waals surface area contributed by atoms with E-state index in [1.165, 1.54) is 11.3 Å². The molecule has 1 heterocycles. The van der Waals surface area contributed by atoms with Crippen molar-refractivity contribution < 1.29 is 8.78 Å². The molecule has 1 rings (SSSR count). The minimum Gasteiger partial charge on any atom is -0.205 e. The fourth-order valence-corrected chi connectivity index (χ4v) is 1.27. The van der Waals surface area contributed by atoms with Crippen LogP contribution >= 0.6 is 11.3 Å². The molecule has 0 amide bonds. The summed E-state index contributed by atoms with van der Waals surface area (Å²) < 4.78 is 23.8. The van der Waals surface area contributed by atoms with Gasteiger partial charge in [0.15, 0.2) is 0 Å². The Morgan fingerprint density at radius 3 is 2.70 bits per heavy atom. The number of thiophene rings is 1. The average Bonchev–Trinajstić information content (AvgIpc) is 2.36. The van der Waals surface area contributed by atoms with Crippen molar-refractivity contribution in [1.29, 1.82) is 0 Å². The summed E-state index contributed by atoms with van der Waals surface area (Å²) in [6, 6.07) is 3.37. The molecular weight excluding hydrogens is 154 g/mol. The molecule has 3 heteroatoms. The summed E-state index contributed by atoms with van der Waals surface area (Å²) in [5, 5.41) is 1.75. The Kier molecular flexibility index (Phi) is 2.17. The van der Waals surface area contributed by atoms with Crippen LogP contribution in [0.25, 0.3) is 5.57 Å². The van der Waals surface area contributed by atoms with E-state index in [9.17, 15) is 8.78 Å². The van der Waals surface area contributed by atoms with Gasteiger partial charge < -0.3 is 0 Å². The topological polar surface area (TPSA) is 0 Å². The van der Waals surface area contributed by atoms with Crippen molar-refractivity contribution >= 4 is 16.9 Å². The maximum absolute atomic E-state index is 11.9. The Morgan fingerprint density at radius 1 is 1.60 bits per heavy atom. The predicted molar refractivity (Wildman–Crippen MR) is 39.4 cm³/mol. The van der Waals surface area contributed by atoms with E-state index >= 15 is 0 Å². The van der Waals surface area contributed by atoms with E-state index in [0.717, 1.165) is 0 Å². The van der Waals surface area contributed by atoms with Crippen molar-refractivity contribution in [1.82, 2.24) is 0 Å². The van der Waals surface area contributed by atoms with Crippen molar-refractivity contribution in [3.8, 4) is 0 Å². The third-order valence-corrected chi connectivity index (χ3v) is 2.05. The van der Waals surface area contributed by atoms with Crippen LogP contribution in [0.3, 0.4) is 0 Å². The van der Waals surface area contributed by atoms with Crippen LogP contribution < -0.4 is 0 Å². The number of hydrogen-bond donors (Lipinski definition) is 0. The first-order chi connectivity index (χ1) is 4.72. The fraction of sp³-hybridized carbons (Fsp3) is 0.143. The maximum atomic E-state index is 11.9. The molecule has 0 saturated carbocycles. The van der Waals surface area contributed by atoms with Crippen LogP contribution in [-0.2, 0) is 0 Å². The van der Waals surface area contributed by atoms with Crippen LogP contribution in [0.4, 0.5) is 8.78 Å². The van der Waals surface area contributed by atoms with Gasteiger partial charge in [-0.15, -0.1) is 11.3 Å². The highest BCUT2D eigenvalue weighted by atomic mass is 32.1. The molecule has 0 N–H and O–H groups in total. The quantitative estimate of drug-likeness (QED) is 0.623. The lowest BCUT2D eigenvalue weighted by molar-refractivity contribution is 0.216. The molecule has 0 unspecified atom stereocenters. The summed E-state index contributed by atoms with van der Waals surface area (Å²) in [5.74, 6) is 0. The molecule has 10 heavy (non-hydrogen) atoms. The van der Waals surface area contributed by atoms with Crippen molar-refractivity contribution in [3.63, 3.8) is 0 Å². The Morgan fingerprint density at radius 2 is 2.30 bits per heavy atom. The van der Waals surface area contributed by atoms with Crippen LogP contribution in [0.2, 0.25) is 0 Å². The van der Waals surface area contributed by atoms with Crippen LogP contribution in [0, 0.1) is 0 Å². The standard InChI is InChI=1S/C7H6F2S/c1-5(7(8)9)6-3-2-4-10-6/h2-4,7H,1H2. The highest BCUT2D eigenvalue weighted by Crippen LogP contribution is 2.23. The van der Waals surface area contributed by atoms with Crippen LogP contribution in [0.15, 0.2) is 24.1 Å². The Balaban J connectivity index is 2.78. The normalized spacial score (nSPS) is 10.3. The molecule has 0 radical (unpaired) electrons. The molecule has 0 bridgehead atoms. The van der Waals surface area contributed by atoms with E-state index in [2.05, 4.69) is 6.58 Å². The van der Waals surface area contributed by atoms with Gasteiger partial charge in [0.25, 0.3) is 6.43 Å². The summed E-state index contributed by atoms with van der Waals surface area (Å²) in [5.41, 5.74) is -0.0880. The molecule has 1 aromatic rings. The maximum Gasteiger partial charge on any atom is 0.264 e. The van der Waals surface area contributed by atoms with E-state index in [1.807, 2.05) is 0 Å². The van der Waals surface area contributed by atoms with Gasteiger partial charge in [0.1, 0.15) is 0 Å². The largest absolute Gasteiger partial charge is 0.264 e. The summed E-state index contributed by atoms with van der Waals surface area (Å²) in [6.45, 7) is 3.26. The fourth-order valence-electron chi connectivity index (χ4n) is 0.569. The minimum atomic E-state index is -2.43. The molecule has 0 atom stereocenters. The van der Waals surface area contributed by atoms with Gasteiger partial charge in [-0.2, -0.15) is 0 Å². The first-order valence-corrected chi connectivity index (χ1v) is 3.60. The SMILES string of the molecule is C=C(c1cccs1)C(F)F. The zero-order valence-corrected chi connectivity index (χ0v) is 6.00.